The van der Waals surface area contributed by atoms with Crippen molar-refractivity contribution >= 4 is 17.5 Å². The number of pyridine rings is 2. The van der Waals surface area contributed by atoms with Crippen molar-refractivity contribution in [2.75, 3.05) is 25.0 Å². The van der Waals surface area contributed by atoms with Gasteiger partial charge in [0.2, 0.25) is 5.91 Å². The van der Waals surface area contributed by atoms with Gasteiger partial charge in [-0.3, -0.25) is 4.79 Å². The van der Waals surface area contributed by atoms with Gasteiger partial charge in [0.25, 0.3) is 0 Å². The highest BCUT2D eigenvalue weighted by atomic mass is 16.5. The van der Waals surface area contributed by atoms with Gasteiger partial charge in [0.05, 0.1) is 18.8 Å². The fourth-order valence-electron chi connectivity index (χ4n) is 4.07. The van der Waals surface area contributed by atoms with Gasteiger partial charge >= 0.3 is 0 Å². The van der Waals surface area contributed by atoms with Crippen LogP contribution in [0.25, 0.3) is 0 Å². The van der Waals surface area contributed by atoms with E-state index in [9.17, 15) is 4.79 Å². The van der Waals surface area contributed by atoms with E-state index in [1.807, 2.05) is 42.2 Å². The molecule has 1 amide bonds. The molecule has 1 saturated heterocycles. The Balaban J connectivity index is 1.44. The van der Waals surface area contributed by atoms with E-state index in [-0.39, 0.29) is 12.0 Å². The average Bonchev–Trinajstić information content (AvgIpc) is 2.74. The topological polar surface area (TPSA) is 67.4 Å². The van der Waals surface area contributed by atoms with Gasteiger partial charge in [-0.25, -0.2) is 9.97 Å². The first kappa shape index (κ1) is 18.9. The van der Waals surface area contributed by atoms with Crippen molar-refractivity contribution in [3.05, 3.63) is 47.8 Å². The van der Waals surface area contributed by atoms with Gasteiger partial charge in [-0.15, -0.1) is 0 Å². The number of amides is 1. The molecule has 4 rings (SSSR count). The van der Waals surface area contributed by atoms with Crippen molar-refractivity contribution in [3.63, 3.8) is 0 Å². The van der Waals surface area contributed by atoms with E-state index in [1.165, 1.54) is 19.3 Å². The number of ether oxygens (including phenoxy) is 1. The van der Waals surface area contributed by atoms with Crippen molar-refractivity contribution in [1.29, 1.82) is 0 Å². The Morgan fingerprint density at radius 2 is 2.04 bits per heavy atom. The number of morpholine rings is 1. The van der Waals surface area contributed by atoms with Crippen molar-refractivity contribution in [2.24, 2.45) is 5.92 Å². The zero-order chi connectivity index (χ0) is 19.3. The molecule has 2 fully saturated rings. The lowest BCUT2D eigenvalue weighted by molar-refractivity contribution is -0.144. The first-order valence-electron chi connectivity index (χ1n) is 10.3. The minimum absolute atomic E-state index is 0.187. The summed E-state index contributed by atoms with van der Waals surface area (Å²) in [6.07, 6.45) is 7.26. The van der Waals surface area contributed by atoms with Gasteiger partial charge in [-0.2, -0.15) is 0 Å². The summed E-state index contributed by atoms with van der Waals surface area (Å²) in [6, 6.07) is 9.79. The highest BCUT2D eigenvalue weighted by Crippen LogP contribution is 2.28. The molecule has 0 aromatic carbocycles. The van der Waals surface area contributed by atoms with Gasteiger partial charge in [-0.05, 0) is 49.6 Å². The summed E-state index contributed by atoms with van der Waals surface area (Å²) in [5, 5.41) is 3.25. The number of carbonyl (C=O) groups excluding carboxylic acids is 1. The van der Waals surface area contributed by atoms with Crippen LogP contribution in [0.1, 0.15) is 49.5 Å². The predicted molar refractivity (Wildman–Crippen MR) is 108 cm³/mol. The molecule has 1 saturated carbocycles. The zero-order valence-electron chi connectivity index (χ0n) is 16.4. The quantitative estimate of drug-likeness (QED) is 0.868. The lowest BCUT2D eigenvalue weighted by Gasteiger charge is -2.35. The molecule has 1 atom stereocenters. The summed E-state index contributed by atoms with van der Waals surface area (Å²) < 4.78 is 5.96. The number of carbonyl (C=O) groups is 1. The van der Waals surface area contributed by atoms with Gasteiger partial charge in [0, 0.05) is 18.7 Å². The molecule has 6 heteroatoms. The zero-order valence-corrected chi connectivity index (χ0v) is 16.4. The van der Waals surface area contributed by atoms with E-state index in [0.717, 1.165) is 35.7 Å². The number of aryl methyl sites for hydroxylation is 1. The largest absolute Gasteiger partial charge is 0.368 e. The third kappa shape index (κ3) is 4.50. The smallest absolute Gasteiger partial charge is 0.225 e. The van der Waals surface area contributed by atoms with Crippen LogP contribution in [-0.2, 0) is 9.53 Å². The van der Waals surface area contributed by atoms with Gasteiger partial charge in [0.15, 0.2) is 0 Å². The number of rotatable bonds is 4. The summed E-state index contributed by atoms with van der Waals surface area (Å²) in [5.74, 6) is 1.99. The monoisotopic (exact) mass is 380 g/mol. The molecule has 1 aliphatic carbocycles. The van der Waals surface area contributed by atoms with E-state index >= 15 is 0 Å². The summed E-state index contributed by atoms with van der Waals surface area (Å²) >= 11 is 0. The Labute approximate surface area is 166 Å². The van der Waals surface area contributed by atoms with Crippen LogP contribution in [0, 0.1) is 12.8 Å². The summed E-state index contributed by atoms with van der Waals surface area (Å²) in [6.45, 7) is 3.85. The molecule has 0 unspecified atom stereocenters. The minimum atomic E-state index is -0.187. The van der Waals surface area contributed by atoms with Crippen molar-refractivity contribution in [2.45, 2.75) is 45.1 Å². The van der Waals surface area contributed by atoms with Gasteiger partial charge in [0.1, 0.15) is 17.7 Å². The SMILES string of the molecule is Cc1ccnc(Nc2cccc([C@@H]3CN(C(=O)C4CCCCC4)CCO3)n2)c1. The van der Waals surface area contributed by atoms with Crippen molar-refractivity contribution < 1.29 is 9.53 Å². The molecule has 2 aromatic heterocycles. The van der Waals surface area contributed by atoms with E-state index in [0.29, 0.717) is 25.6 Å². The first-order chi connectivity index (χ1) is 13.7. The van der Waals surface area contributed by atoms with Gasteiger partial charge < -0.3 is 15.0 Å². The molecular weight excluding hydrogens is 352 g/mol. The van der Waals surface area contributed by atoms with Crippen molar-refractivity contribution in [3.8, 4) is 0 Å². The molecule has 2 aromatic rings. The minimum Gasteiger partial charge on any atom is -0.368 e. The Morgan fingerprint density at radius 1 is 1.18 bits per heavy atom. The highest BCUT2D eigenvalue weighted by molar-refractivity contribution is 5.79. The number of hydrogen-bond acceptors (Lipinski definition) is 5. The highest BCUT2D eigenvalue weighted by Gasteiger charge is 2.31. The maximum absolute atomic E-state index is 12.9. The number of hydrogen-bond donors (Lipinski definition) is 1. The lowest BCUT2D eigenvalue weighted by Crippen LogP contribution is -2.45. The maximum atomic E-state index is 12.9. The van der Waals surface area contributed by atoms with Crippen LogP contribution in [0.15, 0.2) is 36.5 Å². The molecule has 28 heavy (non-hydrogen) atoms. The second kappa shape index (κ2) is 8.69. The molecule has 0 bridgehead atoms. The Bertz CT molecular complexity index is 820. The van der Waals surface area contributed by atoms with Crippen LogP contribution in [-0.4, -0.2) is 40.5 Å². The Hall–Kier alpha value is -2.47. The van der Waals surface area contributed by atoms with E-state index in [1.54, 1.807) is 6.20 Å². The Kier molecular flexibility index (Phi) is 5.86. The molecule has 3 heterocycles. The normalized spacial score (nSPS) is 20.8. The standard InChI is InChI=1S/C22H28N4O2/c1-16-10-11-23-21(14-16)25-20-9-5-8-18(24-20)19-15-26(12-13-28-19)22(27)17-6-3-2-4-7-17/h5,8-11,14,17,19H,2-4,6-7,12-13,15H2,1H3,(H,23,24,25)/t19-/m0/s1. The summed E-state index contributed by atoms with van der Waals surface area (Å²) in [4.78, 5) is 23.9. The first-order valence-corrected chi connectivity index (χ1v) is 10.3. The fraction of sp³-hybridized carbons (Fsp3) is 0.500. The summed E-state index contributed by atoms with van der Waals surface area (Å²) in [5.41, 5.74) is 1.99. The maximum Gasteiger partial charge on any atom is 0.225 e. The van der Waals surface area contributed by atoms with E-state index in [4.69, 9.17) is 9.72 Å². The molecule has 6 nitrogen and oxygen atoms in total. The lowest BCUT2D eigenvalue weighted by atomic mass is 9.88. The molecule has 1 aliphatic heterocycles. The molecule has 1 N–H and O–H groups in total. The van der Waals surface area contributed by atoms with Crippen LogP contribution in [0.5, 0.6) is 0 Å². The van der Waals surface area contributed by atoms with Crippen LogP contribution in [0.2, 0.25) is 0 Å². The number of nitrogens with zero attached hydrogens (tertiary/aromatic N) is 3. The second-order valence-corrected chi connectivity index (χ2v) is 7.77. The molecule has 0 radical (unpaired) electrons. The van der Waals surface area contributed by atoms with Crippen LogP contribution >= 0.6 is 0 Å². The van der Waals surface area contributed by atoms with E-state index in [2.05, 4.69) is 10.3 Å². The van der Waals surface area contributed by atoms with E-state index < -0.39 is 0 Å². The van der Waals surface area contributed by atoms with Crippen LogP contribution < -0.4 is 5.32 Å². The third-order valence-corrected chi connectivity index (χ3v) is 5.60. The molecule has 148 valence electrons. The number of nitrogens with one attached hydrogen (secondary N) is 1. The number of aromatic nitrogens is 2. The molecular formula is C22H28N4O2. The third-order valence-electron chi connectivity index (χ3n) is 5.60. The van der Waals surface area contributed by atoms with Crippen LogP contribution in [0.3, 0.4) is 0 Å². The van der Waals surface area contributed by atoms with Crippen LogP contribution in [0.4, 0.5) is 11.6 Å². The second-order valence-electron chi connectivity index (χ2n) is 7.77. The van der Waals surface area contributed by atoms with Crippen molar-refractivity contribution in [1.82, 2.24) is 14.9 Å². The fourth-order valence-corrected chi connectivity index (χ4v) is 4.07. The van der Waals surface area contributed by atoms with Gasteiger partial charge in [-0.1, -0.05) is 25.3 Å². The summed E-state index contributed by atoms with van der Waals surface area (Å²) in [7, 11) is 0. The predicted octanol–water partition coefficient (Wildman–Crippen LogP) is 4.01. The average molecular weight is 380 g/mol. The molecule has 0 spiro atoms. The Morgan fingerprint density at radius 3 is 2.86 bits per heavy atom. The molecule has 2 aliphatic rings. The number of anilines is 2.